The number of Topliss-reactive ketones (excluding diaryl/α,β-unsaturated/α-hetero) is 1. The van der Waals surface area contributed by atoms with Crippen LogP contribution < -0.4 is 18.9 Å². The molecule has 0 bridgehead atoms. The number of nitro groups is 1. The van der Waals surface area contributed by atoms with Crippen LogP contribution in [0.4, 0.5) is 5.69 Å². The van der Waals surface area contributed by atoms with Crippen LogP contribution in [0.25, 0.3) is 6.08 Å². The Morgan fingerprint density at radius 2 is 1.91 bits per heavy atom. The number of nitro benzene ring substituents is 1. The Labute approximate surface area is 186 Å². The lowest BCUT2D eigenvalue weighted by molar-refractivity contribution is -0.384. The van der Waals surface area contributed by atoms with E-state index in [4.69, 9.17) is 18.9 Å². The highest BCUT2D eigenvalue weighted by molar-refractivity contribution is 6.15. The highest BCUT2D eigenvalue weighted by Crippen LogP contribution is 2.40. The number of allylic oxidation sites excluding steroid dienone is 1. The molecule has 0 radical (unpaired) electrons. The van der Waals surface area contributed by atoms with Crippen molar-refractivity contribution in [3.63, 3.8) is 0 Å². The van der Waals surface area contributed by atoms with Gasteiger partial charge in [-0.2, -0.15) is 0 Å². The Bertz CT molecular complexity index is 1370. The molecule has 3 aromatic rings. The van der Waals surface area contributed by atoms with Gasteiger partial charge in [0.2, 0.25) is 12.6 Å². The molecule has 0 amide bonds. The lowest BCUT2D eigenvalue weighted by Crippen LogP contribution is -2.09. The van der Waals surface area contributed by atoms with Crippen LogP contribution in [-0.4, -0.2) is 23.5 Å². The van der Waals surface area contributed by atoms with Gasteiger partial charge in [-0.05, 0) is 48.9 Å². The number of fused-ring (bicyclic) bond motifs is 2. The highest BCUT2D eigenvalue weighted by Gasteiger charge is 2.31. The maximum atomic E-state index is 12.8. The van der Waals surface area contributed by atoms with Gasteiger partial charge in [0.25, 0.3) is 5.69 Å². The number of carbonyl (C=O) groups excluding carboxylic acids is 2. The predicted molar refractivity (Wildman–Crippen MR) is 115 cm³/mol. The molecule has 3 aromatic carbocycles. The summed E-state index contributed by atoms with van der Waals surface area (Å²) < 4.78 is 21.8. The summed E-state index contributed by atoms with van der Waals surface area (Å²) >= 11 is 0. The van der Waals surface area contributed by atoms with Crippen LogP contribution in [0.3, 0.4) is 0 Å². The highest BCUT2D eigenvalue weighted by atomic mass is 16.7. The molecule has 33 heavy (non-hydrogen) atoms. The van der Waals surface area contributed by atoms with Crippen molar-refractivity contribution in [2.45, 2.75) is 6.92 Å². The molecule has 0 unspecified atom stereocenters. The van der Waals surface area contributed by atoms with E-state index in [1.807, 2.05) is 0 Å². The number of non-ortho nitro benzene ring substituents is 1. The van der Waals surface area contributed by atoms with Gasteiger partial charge < -0.3 is 18.9 Å². The molecule has 0 atom stereocenters. The lowest BCUT2D eigenvalue weighted by Gasteiger charge is -2.10. The second kappa shape index (κ2) is 7.79. The van der Waals surface area contributed by atoms with Crippen LogP contribution in [0.15, 0.2) is 60.4 Å². The largest absolute Gasteiger partial charge is 0.454 e. The molecule has 0 saturated heterocycles. The Hall–Kier alpha value is -4.66. The van der Waals surface area contributed by atoms with Crippen LogP contribution in [0.2, 0.25) is 0 Å². The van der Waals surface area contributed by atoms with Crippen LogP contribution in [0.5, 0.6) is 23.0 Å². The van der Waals surface area contributed by atoms with Crippen molar-refractivity contribution in [3.05, 3.63) is 92.7 Å². The van der Waals surface area contributed by atoms with Gasteiger partial charge in [-0.25, -0.2) is 4.79 Å². The fourth-order valence-corrected chi connectivity index (χ4v) is 3.54. The fourth-order valence-electron chi connectivity index (χ4n) is 3.54. The van der Waals surface area contributed by atoms with E-state index in [0.29, 0.717) is 28.2 Å². The molecule has 164 valence electrons. The molecule has 9 nitrogen and oxygen atoms in total. The summed E-state index contributed by atoms with van der Waals surface area (Å²) in [4.78, 5) is 35.9. The topological polar surface area (TPSA) is 114 Å². The maximum Gasteiger partial charge on any atom is 0.343 e. The second-order valence-corrected chi connectivity index (χ2v) is 7.31. The van der Waals surface area contributed by atoms with E-state index in [2.05, 4.69) is 0 Å². The summed E-state index contributed by atoms with van der Waals surface area (Å²) in [6.07, 6.45) is 1.44. The molecule has 2 heterocycles. The van der Waals surface area contributed by atoms with Crippen LogP contribution in [0, 0.1) is 17.0 Å². The minimum atomic E-state index is -0.604. The molecule has 2 aliphatic rings. The Kier molecular flexibility index (Phi) is 4.78. The lowest BCUT2D eigenvalue weighted by atomic mass is 10.1. The third-order valence-corrected chi connectivity index (χ3v) is 5.23. The van der Waals surface area contributed by atoms with E-state index >= 15 is 0 Å². The average molecular weight is 445 g/mol. The van der Waals surface area contributed by atoms with Crippen molar-refractivity contribution < 1.29 is 33.5 Å². The molecular weight excluding hydrogens is 430 g/mol. The van der Waals surface area contributed by atoms with Gasteiger partial charge in [0.05, 0.1) is 16.1 Å². The Balaban J connectivity index is 1.40. The summed E-state index contributed by atoms with van der Waals surface area (Å²) in [6.45, 7) is 1.76. The van der Waals surface area contributed by atoms with E-state index in [-0.39, 0.29) is 41.1 Å². The van der Waals surface area contributed by atoms with E-state index in [1.165, 1.54) is 42.5 Å². The first kappa shape index (κ1) is 20.3. The third kappa shape index (κ3) is 3.65. The van der Waals surface area contributed by atoms with Crippen LogP contribution in [0.1, 0.15) is 31.8 Å². The number of hydrogen-bond donors (Lipinski definition) is 0. The number of carbonyl (C=O) groups is 2. The normalized spacial score (nSPS) is 14.7. The van der Waals surface area contributed by atoms with E-state index in [0.717, 1.165) is 0 Å². The minimum absolute atomic E-state index is 0.0212. The number of hydrogen-bond acceptors (Lipinski definition) is 8. The number of esters is 1. The molecule has 0 aliphatic carbocycles. The van der Waals surface area contributed by atoms with Gasteiger partial charge in [-0.1, -0.05) is 12.1 Å². The zero-order valence-electron chi connectivity index (χ0n) is 17.2. The number of benzene rings is 3. The molecule has 0 fully saturated rings. The summed E-state index contributed by atoms with van der Waals surface area (Å²) in [5, 5.41) is 11.0. The Morgan fingerprint density at radius 3 is 2.73 bits per heavy atom. The van der Waals surface area contributed by atoms with Gasteiger partial charge in [0.15, 0.2) is 17.3 Å². The molecule has 0 N–H and O–H groups in total. The van der Waals surface area contributed by atoms with Gasteiger partial charge in [0.1, 0.15) is 11.5 Å². The van der Waals surface area contributed by atoms with Gasteiger partial charge in [0, 0.05) is 17.7 Å². The monoisotopic (exact) mass is 445 g/mol. The molecule has 0 aromatic heterocycles. The first-order chi connectivity index (χ1) is 15.9. The molecule has 5 rings (SSSR count). The predicted octanol–water partition coefficient (Wildman–Crippen LogP) is 4.47. The molecule has 2 aliphatic heterocycles. The third-order valence-electron chi connectivity index (χ3n) is 5.23. The van der Waals surface area contributed by atoms with Gasteiger partial charge in [-0.3, -0.25) is 14.9 Å². The van der Waals surface area contributed by atoms with Crippen molar-refractivity contribution in [3.8, 4) is 23.0 Å². The number of nitrogens with zero attached hydrogens (tertiary/aromatic N) is 1. The smallest absolute Gasteiger partial charge is 0.343 e. The average Bonchev–Trinajstić information content (AvgIpc) is 3.40. The summed E-state index contributed by atoms with van der Waals surface area (Å²) in [7, 11) is 0. The molecular formula is C24H15NO8. The number of ether oxygens (including phenoxy) is 4. The summed E-state index contributed by atoms with van der Waals surface area (Å²) in [6, 6.07) is 13.6. The standard InChI is InChI=1S/C24H15NO8/c1-13-18(33-24(27)15-5-7-19-20(11-15)31-12-30-19)8-6-17-22(26)21(32-23(13)17)10-14-3-2-4-16(9-14)25(28)29/h2-11H,12H2,1H3/b21-10-. The Morgan fingerprint density at radius 1 is 1.09 bits per heavy atom. The molecule has 9 heteroatoms. The summed E-state index contributed by atoms with van der Waals surface area (Å²) in [5.74, 6) is 0.567. The number of ketones is 1. The first-order valence-electron chi connectivity index (χ1n) is 9.85. The molecule has 0 spiro atoms. The van der Waals surface area contributed by atoms with Crippen molar-refractivity contribution in [2.24, 2.45) is 0 Å². The van der Waals surface area contributed by atoms with E-state index in [1.54, 1.807) is 25.1 Å². The van der Waals surface area contributed by atoms with Gasteiger partial charge in [-0.15, -0.1) is 0 Å². The van der Waals surface area contributed by atoms with Crippen molar-refractivity contribution >= 4 is 23.5 Å². The zero-order valence-corrected chi connectivity index (χ0v) is 17.2. The van der Waals surface area contributed by atoms with Crippen molar-refractivity contribution in [2.75, 3.05) is 6.79 Å². The van der Waals surface area contributed by atoms with E-state index in [9.17, 15) is 19.7 Å². The van der Waals surface area contributed by atoms with Crippen LogP contribution in [-0.2, 0) is 0 Å². The van der Waals surface area contributed by atoms with Crippen LogP contribution >= 0.6 is 0 Å². The number of rotatable bonds is 4. The summed E-state index contributed by atoms with van der Waals surface area (Å²) in [5.41, 5.74) is 1.42. The van der Waals surface area contributed by atoms with Crippen molar-refractivity contribution in [1.82, 2.24) is 0 Å². The van der Waals surface area contributed by atoms with Gasteiger partial charge >= 0.3 is 5.97 Å². The minimum Gasteiger partial charge on any atom is -0.454 e. The van der Waals surface area contributed by atoms with Crippen molar-refractivity contribution in [1.29, 1.82) is 0 Å². The SMILES string of the molecule is Cc1c(OC(=O)c2ccc3c(c2)OCO3)ccc2c1O/C(=C\c1cccc([N+](=O)[O-])c1)C2=O. The second-order valence-electron chi connectivity index (χ2n) is 7.31. The maximum absolute atomic E-state index is 12.8. The molecule has 0 saturated carbocycles. The zero-order chi connectivity index (χ0) is 23.1. The fraction of sp³-hybridized carbons (Fsp3) is 0.0833. The first-order valence-corrected chi connectivity index (χ1v) is 9.85. The van der Waals surface area contributed by atoms with E-state index < -0.39 is 10.9 Å². The quantitative estimate of drug-likeness (QED) is 0.190.